The van der Waals surface area contributed by atoms with Crippen molar-refractivity contribution in [3.05, 3.63) is 0 Å². The Labute approximate surface area is 74.2 Å². The van der Waals surface area contributed by atoms with E-state index in [9.17, 15) is 4.57 Å². The second kappa shape index (κ2) is 3.04. The van der Waals surface area contributed by atoms with Crippen molar-refractivity contribution >= 4 is 8.61 Å². The summed E-state index contributed by atoms with van der Waals surface area (Å²) in [5.74, 6) is 0. The van der Waals surface area contributed by atoms with Gasteiger partial charge in [-0.3, -0.25) is 14.4 Å². The molecule has 2 saturated heterocycles. The van der Waals surface area contributed by atoms with Crippen LogP contribution in [0, 0.1) is 0 Å². The van der Waals surface area contributed by atoms with E-state index in [4.69, 9.17) is 0 Å². The number of nitrogens with zero attached hydrogens (tertiary/aromatic N) is 2. The Balaban J connectivity index is 1.89. The number of hydrogen-bond acceptors (Lipinski definition) is 3. The molecule has 0 radical (unpaired) electrons. The summed E-state index contributed by atoms with van der Waals surface area (Å²) in [7, 11) is 0.0334. The van der Waals surface area contributed by atoms with Gasteiger partial charge >= 0.3 is 0 Å². The van der Waals surface area contributed by atoms with Gasteiger partial charge in [-0.2, -0.15) is 0 Å². The van der Waals surface area contributed by atoms with E-state index < -0.39 is 0 Å². The molecule has 2 heterocycles. The molecule has 0 aromatic heterocycles. The summed E-state index contributed by atoms with van der Waals surface area (Å²) in [6.07, 6.45) is 0.203. The summed E-state index contributed by atoms with van der Waals surface area (Å²) in [6, 6.07) is 1.30. The summed E-state index contributed by atoms with van der Waals surface area (Å²) in [6.45, 7) is 6.61. The van der Waals surface area contributed by atoms with Crippen molar-refractivity contribution in [2.45, 2.75) is 32.2 Å². The monoisotopic (exact) mass is 187 g/mol. The lowest BCUT2D eigenvalue weighted by atomic mass is 10.5. The molecule has 0 aromatic carbocycles. The van der Waals surface area contributed by atoms with E-state index in [1.165, 1.54) is 0 Å². The maximum atomic E-state index is 10.4. The van der Waals surface area contributed by atoms with Gasteiger partial charge in [0.15, 0.2) is 0 Å². The van der Waals surface area contributed by atoms with E-state index in [1.54, 1.807) is 0 Å². The molecule has 2 rings (SSSR count). The third kappa shape index (κ3) is 1.52. The summed E-state index contributed by atoms with van der Waals surface area (Å²) in [4.78, 5) is 4.60. The van der Waals surface area contributed by atoms with Crippen LogP contribution >= 0.6 is 8.61 Å². The highest BCUT2D eigenvalue weighted by Gasteiger charge is 2.46. The first-order valence-electron chi connectivity index (χ1n) is 4.33. The van der Waals surface area contributed by atoms with Gasteiger partial charge in [0.05, 0.1) is 0 Å². The van der Waals surface area contributed by atoms with Crippen LogP contribution in [-0.4, -0.2) is 41.3 Å². The normalized spacial score (nSPS) is 47.5. The maximum Gasteiger partial charge on any atom is 0.248 e. The van der Waals surface area contributed by atoms with Gasteiger partial charge < -0.3 is 0 Å². The van der Waals surface area contributed by atoms with Crippen LogP contribution in [0.4, 0.5) is 0 Å². The standard InChI is InChI=1S/C7H14N3OP/c1-5-3-9(5)7(8-12-11)10-4-6(10)2/h5-7H,3-4H2,1-2H3,(H,8,11). The molecule has 4 nitrogen and oxygen atoms in total. The highest BCUT2D eigenvalue weighted by Crippen LogP contribution is 2.29. The Hall–Kier alpha value is -0.0200. The quantitative estimate of drug-likeness (QED) is 0.512. The van der Waals surface area contributed by atoms with Crippen molar-refractivity contribution in [1.29, 1.82) is 0 Å². The second-order valence-corrected chi connectivity index (χ2v) is 4.13. The third-order valence-corrected chi connectivity index (χ3v) is 2.95. The minimum Gasteiger partial charge on any atom is -0.269 e. The molecule has 4 unspecified atom stereocenters. The average molecular weight is 187 g/mol. The molecule has 0 aromatic rings. The first-order valence-corrected chi connectivity index (χ1v) is 5.14. The van der Waals surface area contributed by atoms with Crippen molar-refractivity contribution in [2.75, 3.05) is 13.1 Å². The molecule has 68 valence electrons. The highest BCUT2D eigenvalue weighted by molar-refractivity contribution is 7.21. The molecule has 2 aliphatic rings. The molecule has 5 heteroatoms. The molecule has 0 saturated carbocycles. The SMILES string of the molecule is CC1CN1C(NP=O)N1CC1C. The summed E-state index contributed by atoms with van der Waals surface area (Å²) in [5.41, 5.74) is 0. The fraction of sp³-hybridized carbons (Fsp3) is 1.00. The zero-order chi connectivity index (χ0) is 8.72. The highest BCUT2D eigenvalue weighted by atomic mass is 31.1. The molecular weight excluding hydrogens is 173 g/mol. The number of hydrogen-bond donors (Lipinski definition) is 1. The molecule has 0 aliphatic carbocycles. The first-order chi connectivity index (χ1) is 5.74. The van der Waals surface area contributed by atoms with E-state index in [1.807, 2.05) is 0 Å². The van der Waals surface area contributed by atoms with E-state index in [0.29, 0.717) is 12.1 Å². The zero-order valence-electron chi connectivity index (χ0n) is 7.40. The zero-order valence-corrected chi connectivity index (χ0v) is 8.29. The Morgan fingerprint density at radius 2 is 1.75 bits per heavy atom. The predicted molar refractivity (Wildman–Crippen MR) is 46.9 cm³/mol. The maximum absolute atomic E-state index is 10.4. The van der Waals surface area contributed by atoms with Crippen LogP contribution in [0.3, 0.4) is 0 Å². The fourth-order valence-corrected chi connectivity index (χ4v) is 1.97. The van der Waals surface area contributed by atoms with Crippen LogP contribution in [0.1, 0.15) is 13.8 Å². The largest absolute Gasteiger partial charge is 0.269 e. The molecule has 0 bridgehead atoms. The lowest BCUT2D eigenvalue weighted by molar-refractivity contribution is 0.210. The summed E-state index contributed by atoms with van der Waals surface area (Å²) < 4.78 is 10.4. The molecule has 2 fully saturated rings. The lowest BCUT2D eigenvalue weighted by Crippen LogP contribution is -2.39. The first kappa shape index (κ1) is 8.57. The smallest absolute Gasteiger partial charge is 0.248 e. The molecule has 2 aliphatic heterocycles. The Morgan fingerprint density at radius 3 is 2.00 bits per heavy atom. The molecular formula is C7H14N3OP. The molecule has 4 atom stereocenters. The lowest BCUT2D eigenvalue weighted by Gasteiger charge is -2.18. The minimum atomic E-state index is 0.0334. The van der Waals surface area contributed by atoms with Gasteiger partial charge in [-0.1, -0.05) is 0 Å². The van der Waals surface area contributed by atoms with Gasteiger partial charge in [0.25, 0.3) is 0 Å². The van der Waals surface area contributed by atoms with Gasteiger partial charge in [0.1, 0.15) is 6.29 Å². The Morgan fingerprint density at radius 1 is 1.33 bits per heavy atom. The van der Waals surface area contributed by atoms with Crippen LogP contribution in [0.15, 0.2) is 0 Å². The van der Waals surface area contributed by atoms with Crippen LogP contribution in [-0.2, 0) is 4.57 Å². The summed E-state index contributed by atoms with van der Waals surface area (Å²) >= 11 is 0. The average Bonchev–Trinajstić information content (AvgIpc) is 2.88. The van der Waals surface area contributed by atoms with Crippen LogP contribution in [0.25, 0.3) is 0 Å². The van der Waals surface area contributed by atoms with Crippen LogP contribution in [0.2, 0.25) is 0 Å². The van der Waals surface area contributed by atoms with E-state index in [0.717, 1.165) is 13.1 Å². The molecule has 0 amide bonds. The third-order valence-electron chi connectivity index (χ3n) is 2.61. The van der Waals surface area contributed by atoms with Crippen LogP contribution < -0.4 is 5.09 Å². The van der Waals surface area contributed by atoms with E-state index in [2.05, 4.69) is 28.7 Å². The van der Waals surface area contributed by atoms with Gasteiger partial charge in [0.2, 0.25) is 8.61 Å². The van der Waals surface area contributed by atoms with E-state index in [-0.39, 0.29) is 14.9 Å². The van der Waals surface area contributed by atoms with Gasteiger partial charge in [0, 0.05) is 25.2 Å². The fourth-order valence-electron chi connectivity index (χ4n) is 1.58. The molecule has 1 N–H and O–H groups in total. The number of nitrogens with one attached hydrogen (secondary N) is 1. The van der Waals surface area contributed by atoms with Crippen molar-refractivity contribution < 1.29 is 4.57 Å². The predicted octanol–water partition coefficient (Wildman–Crippen LogP) is 0.474. The molecule has 0 spiro atoms. The van der Waals surface area contributed by atoms with Gasteiger partial charge in [-0.05, 0) is 13.8 Å². The molecule has 12 heavy (non-hydrogen) atoms. The number of rotatable bonds is 4. The van der Waals surface area contributed by atoms with Gasteiger partial charge in [-0.15, -0.1) is 0 Å². The topological polar surface area (TPSA) is 35.1 Å². The van der Waals surface area contributed by atoms with Crippen molar-refractivity contribution in [1.82, 2.24) is 14.9 Å². The Bertz CT molecular complexity index is 185. The van der Waals surface area contributed by atoms with Crippen LogP contribution in [0.5, 0.6) is 0 Å². The second-order valence-electron chi connectivity index (χ2n) is 3.69. The Kier molecular flexibility index (Phi) is 2.17. The van der Waals surface area contributed by atoms with Crippen molar-refractivity contribution in [3.63, 3.8) is 0 Å². The van der Waals surface area contributed by atoms with E-state index >= 15 is 0 Å². The minimum absolute atomic E-state index is 0.0334. The van der Waals surface area contributed by atoms with Gasteiger partial charge in [-0.25, -0.2) is 5.09 Å². The van der Waals surface area contributed by atoms with Crippen molar-refractivity contribution in [2.24, 2.45) is 0 Å². The van der Waals surface area contributed by atoms with Crippen molar-refractivity contribution in [3.8, 4) is 0 Å². The summed E-state index contributed by atoms with van der Waals surface area (Å²) in [5, 5.41) is 2.94.